The number of amides is 2. The molecule has 3 rings (SSSR count). The maximum Gasteiger partial charge on any atom is 0.417 e. The average Bonchev–Trinajstić information content (AvgIpc) is 3.02. The van der Waals surface area contributed by atoms with Crippen molar-refractivity contribution in [3.8, 4) is 0 Å². The normalized spacial score (nSPS) is 17.7. The zero-order valence-electron chi connectivity index (χ0n) is 13.6. The summed E-state index contributed by atoms with van der Waals surface area (Å²) in [5.74, 6) is -1.23. The van der Waals surface area contributed by atoms with Crippen LogP contribution in [0.1, 0.15) is 30.2 Å². The minimum atomic E-state index is -1.20. The molecule has 1 saturated heterocycles. The van der Waals surface area contributed by atoms with E-state index < -0.39 is 30.1 Å². The Labute approximate surface area is 145 Å². The fourth-order valence-electron chi connectivity index (χ4n) is 2.77. The second-order valence-electron chi connectivity index (χ2n) is 5.61. The van der Waals surface area contributed by atoms with Gasteiger partial charge in [0.1, 0.15) is 12.6 Å². The lowest BCUT2D eigenvalue weighted by Gasteiger charge is -2.25. The quantitative estimate of drug-likeness (QED) is 0.801. The van der Waals surface area contributed by atoms with Crippen LogP contribution in [0.25, 0.3) is 0 Å². The number of carbonyl (C=O) groups excluding carboxylic acids is 3. The molecule has 1 aliphatic heterocycles. The lowest BCUT2D eigenvalue weighted by atomic mass is 10.0. The number of cyclic esters (lactones) is 1. The smallest absolute Gasteiger partial charge is 0.417 e. The van der Waals surface area contributed by atoms with Gasteiger partial charge in [-0.2, -0.15) is 0 Å². The molecule has 2 amide bonds. The first-order valence-corrected chi connectivity index (χ1v) is 7.85. The molecule has 1 heterocycles. The number of imide groups is 1. The van der Waals surface area contributed by atoms with Gasteiger partial charge in [-0.05, 0) is 5.56 Å². The molecule has 0 spiro atoms. The lowest BCUT2D eigenvalue weighted by molar-refractivity contribution is -0.158. The molecule has 0 saturated carbocycles. The first kappa shape index (κ1) is 16.7. The molecule has 0 aromatic heterocycles. The van der Waals surface area contributed by atoms with Crippen molar-refractivity contribution in [2.45, 2.75) is 19.1 Å². The van der Waals surface area contributed by atoms with Gasteiger partial charge in [-0.15, -0.1) is 0 Å². The van der Waals surface area contributed by atoms with Crippen molar-refractivity contribution in [2.75, 3.05) is 6.61 Å². The summed E-state index contributed by atoms with van der Waals surface area (Å²) in [4.78, 5) is 37.7. The van der Waals surface area contributed by atoms with Gasteiger partial charge in [-0.25, -0.2) is 9.69 Å². The van der Waals surface area contributed by atoms with Crippen molar-refractivity contribution in [1.82, 2.24) is 4.90 Å². The van der Waals surface area contributed by atoms with Gasteiger partial charge in [-0.1, -0.05) is 60.7 Å². The molecule has 0 aliphatic carbocycles. The summed E-state index contributed by atoms with van der Waals surface area (Å²) < 4.78 is 10.3. The molecule has 6 heteroatoms. The molecule has 0 bridgehead atoms. The SMILES string of the molecule is CC(=O)O[C@H](C(=O)N1C(=O)OC[C@H]1c1ccccc1)c1ccccc1. The van der Waals surface area contributed by atoms with Crippen molar-refractivity contribution < 1.29 is 23.9 Å². The van der Waals surface area contributed by atoms with Crippen molar-refractivity contribution in [2.24, 2.45) is 0 Å². The second-order valence-corrected chi connectivity index (χ2v) is 5.61. The molecule has 0 unspecified atom stereocenters. The van der Waals surface area contributed by atoms with E-state index in [2.05, 4.69) is 0 Å². The van der Waals surface area contributed by atoms with Gasteiger partial charge in [-0.3, -0.25) is 9.59 Å². The standard InChI is InChI=1S/C19H17NO5/c1-13(21)25-17(15-10-6-3-7-11-15)18(22)20-16(12-24-19(20)23)14-8-4-2-5-9-14/h2-11,16-17H,12H2,1H3/t16-,17-/m0/s1. The van der Waals surface area contributed by atoms with E-state index >= 15 is 0 Å². The summed E-state index contributed by atoms with van der Waals surface area (Å²) in [7, 11) is 0. The van der Waals surface area contributed by atoms with Crippen LogP contribution in [0.3, 0.4) is 0 Å². The molecule has 128 valence electrons. The molecular formula is C19H17NO5. The number of nitrogens with zero attached hydrogens (tertiary/aromatic N) is 1. The molecule has 2 atom stereocenters. The highest BCUT2D eigenvalue weighted by Gasteiger charge is 2.43. The predicted octanol–water partition coefficient (Wildman–Crippen LogP) is 3.01. The van der Waals surface area contributed by atoms with E-state index in [-0.39, 0.29) is 6.61 Å². The lowest BCUT2D eigenvalue weighted by Crippen LogP contribution is -2.39. The van der Waals surface area contributed by atoms with Crippen molar-refractivity contribution in [3.05, 3.63) is 71.8 Å². The van der Waals surface area contributed by atoms with E-state index in [0.29, 0.717) is 5.56 Å². The average molecular weight is 339 g/mol. The van der Waals surface area contributed by atoms with E-state index in [1.54, 1.807) is 30.3 Å². The second kappa shape index (κ2) is 7.17. The highest BCUT2D eigenvalue weighted by Crippen LogP contribution is 2.32. The third-order valence-electron chi connectivity index (χ3n) is 3.91. The monoisotopic (exact) mass is 339 g/mol. The fourth-order valence-corrected chi connectivity index (χ4v) is 2.77. The number of hydrogen-bond donors (Lipinski definition) is 0. The molecule has 2 aromatic rings. The molecule has 0 N–H and O–H groups in total. The number of benzene rings is 2. The zero-order valence-corrected chi connectivity index (χ0v) is 13.6. The summed E-state index contributed by atoms with van der Waals surface area (Å²) >= 11 is 0. The summed E-state index contributed by atoms with van der Waals surface area (Å²) in [6, 6.07) is 17.2. The minimum Gasteiger partial charge on any atom is -0.447 e. The van der Waals surface area contributed by atoms with Gasteiger partial charge in [0.15, 0.2) is 0 Å². The molecule has 0 radical (unpaired) electrons. The van der Waals surface area contributed by atoms with Crippen LogP contribution in [-0.2, 0) is 19.1 Å². The van der Waals surface area contributed by atoms with Crippen LogP contribution >= 0.6 is 0 Å². The Morgan fingerprint density at radius 3 is 2.28 bits per heavy atom. The first-order valence-electron chi connectivity index (χ1n) is 7.85. The highest BCUT2D eigenvalue weighted by molar-refractivity contribution is 5.97. The maximum atomic E-state index is 13.0. The van der Waals surface area contributed by atoms with E-state index in [1.807, 2.05) is 30.3 Å². The third-order valence-corrected chi connectivity index (χ3v) is 3.91. The van der Waals surface area contributed by atoms with Crippen LogP contribution < -0.4 is 0 Å². The third kappa shape index (κ3) is 3.52. The van der Waals surface area contributed by atoms with Gasteiger partial charge in [0.05, 0.1) is 0 Å². The first-order chi connectivity index (χ1) is 12.1. The van der Waals surface area contributed by atoms with Crippen LogP contribution in [-0.4, -0.2) is 29.5 Å². The van der Waals surface area contributed by atoms with Crippen LogP contribution in [0.2, 0.25) is 0 Å². The van der Waals surface area contributed by atoms with Crippen LogP contribution in [0, 0.1) is 0 Å². The largest absolute Gasteiger partial charge is 0.447 e. The molecule has 2 aromatic carbocycles. The summed E-state index contributed by atoms with van der Waals surface area (Å²) in [6.07, 6.45) is -1.94. The van der Waals surface area contributed by atoms with E-state index in [0.717, 1.165) is 10.5 Å². The maximum absolute atomic E-state index is 13.0. The highest BCUT2D eigenvalue weighted by atomic mass is 16.6. The van der Waals surface area contributed by atoms with E-state index in [9.17, 15) is 14.4 Å². The Morgan fingerprint density at radius 2 is 1.68 bits per heavy atom. The Hall–Kier alpha value is -3.15. The molecule has 1 fully saturated rings. The van der Waals surface area contributed by atoms with Crippen LogP contribution in [0.5, 0.6) is 0 Å². The topological polar surface area (TPSA) is 72.9 Å². The van der Waals surface area contributed by atoms with E-state index in [4.69, 9.17) is 9.47 Å². The Morgan fingerprint density at radius 1 is 1.08 bits per heavy atom. The number of esters is 1. The molecule has 1 aliphatic rings. The van der Waals surface area contributed by atoms with Gasteiger partial charge in [0.2, 0.25) is 6.10 Å². The van der Waals surface area contributed by atoms with Gasteiger partial charge in [0.25, 0.3) is 5.91 Å². The Bertz CT molecular complexity index is 775. The summed E-state index contributed by atoms with van der Waals surface area (Å²) in [5.41, 5.74) is 1.27. The Kier molecular flexibility index (Phi) is 4.79. The van der Waals surface area contributed by atoms with Crippen molar-refractivity contribution >= 4 is 18.0 Å². The van der Waals surface area contributed by atoms with Crippen molar-refractivity contribution in [1.29, 1.82) is 0 Å². The number of carbonyl (C=O) groups is 3. The minimum absolute atomic E-state index is 0.0656. The fraction of sp³-hybridized carbons (Fsp3) is 0.211. The zero-order chi connectivity index (χ0) is 17.8. The molecule has 25 heavy (non-hydrogen) atoms. The van der Waals surface area contributed by atoms with E-state index in [1.165, 1.54) is 6.92 Å². The number of hydrogen-bond acceptors (Lipinski definition) is 5. The number of ether oxygens (including phenoxy) is 2. The van der Waals surface area contributed by atoms with Gasteiger partial charge >= 0.3 is 12.1 Å². The van der Waals surface area contributed by atoms with Gasteiger partial charge < -0.3 is 9.47 Å². The van der Waals surface area contributed by atoms with Crippen LogP contribution in [0.15, 0.2) is 60.7 Å². The van der Waals surface area contributed by atoms with Crippen LogP contribution in [0.4, 0.5) is 4.79 Å². The predicted molar refractivity (Wildman–Crippen MR) is 88.3 cm³/mol. The molecule has 6 nitrogen and oxygen atoms in total. The molecular weight excluding hydrogens is 322 g/mol. The van der Waals surface area contributed by atoms with Gasteiger partial charge in [0, 0.05) is 12.5 Å². The number of rotatable bonds is 4. The summed E-state index contributed by atoms with van der Waals surface area (Å²) in [5, 5.41) is 0. The summed E-state index contributed by atoms with van der Waals surface area (Å²) in [6.45, 7) is 1.29. The Balaban J connectivity index is 1.94. The van der Waals surface area contributed by atoms with Crippen molar-refractivity contribution in [3.63, 3.8) is 0 Å².